The second-order valence-electron chi connectivity index (χ2n) is 7.72. The molecule has 1 aromatic carbocycles. The first-order valence-electron chi connectivity index (χ1n) is 10.5. The Morgan fingerprint density at radius 1 is 1.14 bits per heavy atom. The molecule has 1 heterocycles. The Labute approximate surface area is 204 Å². The van der Waals surface area contributed by atoms with Crippen LogP contribution in [0.2, 0.25) is 5.15 Å². The molecule has 0 N–H and O–H groups in total. The van der Waals surface area contributed by atoms with Gasteiger partial charge in [0.1, 0.15) is 12.9 Å². The number of halogens is 4. The van der Waals surface area contributed by atoms with Crippen LogP contribution in [0.15, 0.2) is 35.5 Å². The molecule has 190 valence electrons. The topological polar surface area (TPSA) is 111 Å². The molecule has 2 aromatic rings. The third-order valence-corrected chi connectivity index (χ3v) is 6.97. The molecule has 1 saturated carbocycles. The molecular formula is C21H22ClF3N4O5S. The standard InChI is InChI=1S/C21H22ClF3N4O5S/c1-13(28-33-2)16-12-15(34-19-11-10-18(22)26-27-19)8-9-17(16)29(35(31,32)21(23,24)25)20(30)14-6-4-3-5-7-14/h8-12,14H,3-7H2,1-2H3. The van der Waals surface area contributed by atoms with E-state index >= 15 is 0 Å². The van der Waals surface area contributed by atoms with Gasteiger partial charge < -0.3 is 9.57 Å². The Morgan fingerprint density at radius 3 is 2.40 bits per heavy atom. The number of hydrogen-bond donors (Lipinski definition) is 0. The predicted octanol–water partition coefficient (Wildman–Crippen LogP) is 5.06. The molecule has 1 aliphatic carbocycles. The molecule has 3 rings (SSSR count). The lowest BCUT2D eigenvalue weighted by atomic mass is 9.88. The average Bonchev–Trinajstić information content (AvgIpc) is 2.81. The van der Waals surface area contributed by atoms with Gasteiger partial charge in [0.25, 0.3) is 0 Å². The summed E-state index contributed by atoms with van der Waals surface area (Å²) in [5.74, 6) is -1.92. The second kappa shape index (κ2) is 10.8. The van der Waals surface area contributed by atoms with E-state index < -0.39 is 33.0 Å². The van der Waals surface area contributed by atoms with Crippen molar-refractivity contribution in [1.29, 1.82) is 0 Å². The molecule has 0 spiro atoms. The van der Waals surface area contributed by atoms with Crippen molar-refractivity contribution in [1.82, 2.24) is 10.2 Å². The molecule has 0 saturated heterocycles. The van der Waals surface area contributed by atoms with E-state index in [0.29, 0.717) is 25.7 Å². The molecule has 1 amide bonds. The average molecular weight is 535 g/mol. The minimum atomic E-state index is -6.08. The van der Waals surface area contributed by atoms with Crippen LogP contribution >= 0.6 is 11.6 Å². The van der Waals surface area contributed by atoms with Gasteiger partial charge in [-0.05, 0) is 44.0 Å². The number of amides is 1. The molecule has 0 bridgehead atoms. The fraction of sp³-hybridized carbons (Fsp3) is 0.429. The van der Waals surface area contributed by atoms with Gasteiger partial charge in [-0.25, -0.2) is 0 Å². The summed E-state index contributed by atoms with van der Waals surface area (Å²) in [5.41, 5.74) is -6.35. The van der Waals surface area contributed by atoms with Gasteiger partial charge in [-0.15, -0.1) is 10.2 Å². The van der Waals surface area contributed by atoms with Gasteiger partial charge in [0, 0.05) is 17.5 Å². The number of carbonyl (C=O) groups is 1. The highest BCUT2D eigenvalue weighted by Gasteiger charge is 2.54. The molecule has 0 atom stereocenters. The third kappa shape index (κ3) is 6.01. The zero-order valence-electron chi connectivity index (χ0n) is 18.7. The lowest BCUT2D eigenvalue weighted by Gasteiger charge is -2.30. The van der Waals surface area contributed by atoms with Gasteiger partial charge >= 0.3 is 15.5 Å². The van der Waals surface area contributed by atoms with Gasteiger partial charge in [0.15, 0.2) is 5.15 Å². The SMILES string of the molecule is CON=C(C)c1cc(Oc2ccc(Cl)nn2)ccc1N(C(=O)C1CCCCC1)S(=O)(=O)C(F)(F)F. The van der Waals surface area contributed by atoms with Gasteiger partial charge in [-0.3, -0.25) is 4.79 Å². The van der Waals surface area contributed by atoms with Gasteiger partial charge in [-0.2, -0.15) is 25.9 Å². The van der Waals surface area contributed by atoms with E-state index in [-0.39, 0.29) is 32.4 Å². The van der Waals surface area contributed by atoms with Crippen molar-refractivity contribution in [3.63, 3.8) is 0 Å². The van der Waals surface area contributed by atoms with E-state index in [1.165, 1.54) is 38.3 Å². The molecule has 0 unspecified atom stereocenters. The summed E-state index contributed by atoms with van der Waals surface area (Å²) < 4.78 is 71.7. The van der Waals surface area contributed by atoms with Crippen LogP contribution < -0.4 is 9.04 Å². The maximum atomic E-state index is 13.7. The van der Waals surface area contributed by atoms with Crippen LogP contribution in [-0.2, 0) is 19.7 Å². The molecule has 14 heteroatoms. The number of alkyl halides is 3. The minimum absolute atomic E-state index is 0.00830. The highest BCUT2D eigenvalue weighted by Crippen LogP contribution is 2.38. The zero-order valence-corrected chi connectivity index (χ0v) is 20.3. The van der Waals surface area contributed by atoms with Crippen molar-refractivity contribution in [3.05, 3.63) is 41.0 Å². The van der Waals surface area contributed by atoms with Crippen LogP contribution in [-0.4, -0.2) is 42.9 Å². The monoisotopic (exact) mass is 534 g/mol. The maximum absolute atomic E-state index is 13.7. The lowest BCUT2D eigenvalue weighted by molar-refractivity contribution is -0.122. The number of anilines is 1. The Hall–Kier alpha value is -2.93. The molecule has 1 aromatic heterocycles. The summed E-state index contributed by atoms with van der Waals surface area (Å²) >= 11 is 5.70. The maximum Gasteiger partial charge on any atom is 0.517 e. The van der Waals surface area contributed by atoms with Crippen LogP contribution in [0.25, 0.3) is 0 Å². The Bertz CT molecular complexity index is 1200. The van der Waals surface area contributed by atoms with Crippen molar-refractivity contribution in [2.75, 3.05) is 11.4 Å². The van der Waals surface area contributed by atoms with E-state index in [1.807, 2.05) is 0 Å². The number of ether oxygens (including phenoxy) is 1. The van der Waals surface area contributed by atoms with Crippen molar-refractivity contribution < 1.29 is 36.0 Å². The van der Waals surface area contributed by atoms with E-state index in [4.69, 9.17) is 21.2 Å². The molecule has 9 nitrogen and oxygen atoms in total. The van der Waals surface area contributed by atoms with Crippen LogP contribution in [0.5, 0.6) is 11.6 Å². The summed E-state index contributed by atoms with van der Waals surface area (Å²) in [5, 5.41) is 11.2. The van der Waals surface area contributed by atoms with Crippen molar-refractivity contribution in [3.8, 4) is 11.6 Å². The van der Waals surface area contributed by atoms with E-state index in [9.17, 15) is 26.4 Å². The van der Waals surface area contributed by atoms with E-state index in [1.54, 1.807) is 0 Å². The van der Waals surface area contributed by atoms with Crippen LogP contribution in [0, 0.1) is 5.92 Å². The number of aromatic nitrogens is 2. The van der Waals surface area contributed by atoms with Gasteiger partial charge in [0.2, 0.25) is 11.8 Å². The molecule has 1 aliphatic rings. The lowest BCUT2D eigenvalue weighted by Crippen LogP contribution is -2.48. The Morgan fingerprint density at radius 2 is 1.83 bits per heavy atom. The number of nitrogens with zero attached hydrogens (tertiary/aromatic N) is 4. The van der Waals surface area contributed by atoms with Crippen molar-refractivity contribution in [2.45, 2.75) is 44.5 Å². The highest BCUT2D eigenvalue weighted by atomic mass is 35.5. The molecule has 0 aliphatic heterocycles. The summed E-state index contributed by atoms with van der Waals surface area (Å²) in [6.07, 6.45) is 2.63. The zero-order chi connectivity index (χ0) is 25.8. The number of hydrogen-bond acceptors (Lipinski definition) is 8. The smallest absolute Gasteiger partial charge is 0.437 e. The summed E-state index contributed by atoms with van der Waals surface area (Å²) in [6.45, 7) is 1.39. The minimum Gasteiger partial charge on any atom is -0.437 e. The van der Waals surface area contributed by atoms with Crippen LogP contribution in [0.4, 0.5) is 18.9 Å². The first kappa shape index (κ1) is 26.7. The van der Waals surface area contributed by atoms with Crippen LogP contribution in [0.1, 0.15) is 44.6 Å². The van der Waals surface area contributed by atoms with Crippen LogP contribution in [0.3, 0.4) is 0 Å². The Balaban J connectivity index is 2.15. The third-order valence-electron chi connectivity index (χ3n) is 5.32. The first-order chi connectivity index (χ1) is 16.5. The fourth-order valence-corrected chi connectivity index (χ4v) is 4.81. The Kier molecular flexibility index (Phi) is 8.21. The number of rotatable bonds is 7. The van der Waals surface area contributed by atoms with Crippen molar-refractivity contribution >= 4 is 38.9 Å². The largest absolute Gasteiger partial charge is 0.517 e. The number of oxime groups is 1. The number of carbonyl (C=O) groups excluding carboxylic acids is 1. The highest BCUT2D eigenvalue weighted by molar-refractivity contribution is 7.94. The molecule has 35 heavy (non-hydrogen) atoms. The van der Waals surface area contributed by atoms with E-state index in [0.717, 1.165) is 12.5 Å². The molecule has 1 fully saturated rings. The van der Waals surface area contributed by atoms with Gasteiger partial charge in [-0.1, -0.05) is 36.0 Å². The summed E-state index contributed by atoms with van der Waals surface area (Å²) in [4.78, 5) is 18.0. The predicted molar refractivity (Wildman–Crippen MR) is 122 cm³/mol. The van der Waals surface area contributed by atoms with Gasteiger partial charge in [0.05, 0.1) is 11.4 Å². The molecular weight excluding hydrogens is 513 g/mol. The van der Waals surface area contributed by atoms with Crippen molar-refractivity contribution in [2.24, 2.45) is 11.1 Å². The second-order valence-corrected chi connectivity index (χ2v) is 9.89. The summed E-state index contributed by atoms with van der Waals surface area (Å²) in [6, 6.07) is 6.31. The number of sulfonamides is 1. The quantitative estimate of drug-likeness (QED) is 0.361. The van der Waals surface area contributed by atoms with E-state index in [2.05, 4.69) is 15.4 Å². The summed E-state index contributed by atoms with van der Waals surface area (Å²) in [7, 11) is -4.86. The first-order valence-corrected chi connectivity index (χ1v) is 12.3. The number of benzene rings is 1. The fourth-order valence-electron chi connectivity index (χ4n) is 3.70. The normalized spacial score (nSPS) is 15.5. The molecule has 0 radical (unpaired) electrons.